The summed E-state index contributed by atoms with van der Waals surface area (Å²) in [6.45, 7) is 3.63. The van der Waals surface area contributed by atoms with E-state index >= 15 is 0 Å². The van der Waals surface area contributed by atoms with Crippen molar-refractivity contribution in [2.24, 2.45) is 0 Å². The Bertz CT molecular complexity index is 1190. The molecule has 1 aromatic carbocycles. The Balaban J connectivity index is 1.63. The summed E-state index contributed by atoms with van der Waals surface area (Å²) in [5.41, 5.74) is 2.85. The van der Waals surface area contributed by atoms with Gasteiger partial charge >= 0.3 is 0 Å². The molecule has 10 nitrogen and oxygen atoms in total. The molecule has 1 saturated heterocycles. The smallest absolute Gasteiger partial charge is 0.265 e. The van der Waals surface area contributed by atoms with E-state index in [0.29, 0.717) is 35.9 Å². The fourth-order valence-electron chi connectivity index (χ4n) is 3.91. The second-order valence-corrected chi connectivity index (χ2v) is 9.82. The van der Waals surface area contributed by atoms with Crippen molar-refractivity contribution in [2.45, 2.75) is 29.4 Å². The number of pyridine rings is 1. The van der Waals surface area contributed by atoms with E-state index in [-0.39, 0.29) is 17.7 Å². The van der Waals surface area contributed by atoms with Crippen molar-refractivity contribution in [3.8, 4) is 22.8 Å². The Labute approximate surface area is 185 Å². The van der Waals surface area contributed by atoms with Gasteiger partial charge in [-0.1, -0.05) is 12.1 Å². The normalized spacial score (nSPS) is 16.6. The molecular weight excluding hydrogens is 434 g/mol. The summed E-state index contributed by atoms with van der Waals surface area (Å²) in [4.78, 5) is 22.9. The molecule has 1 aliphatic rings. The highest BCUT2D eigenvalue weighted by Gasteiger charge is 2.52. The second-order valence-electron chi connectivity index (χ2n) is 7.56. The zero-order valence-corrected chi connectivity index (χ0v) is 18.2. The van der Waals surface area contributed by atoms with Gasteiger partial charge < -0.3 is 9.42 Å². The maximum Gasteiger partial charge on any atom is 0.265 e. The minimum absolute atomic E-state index is 0.00681. The first-order chi connectivity index (χ1) is 15.4. The van der Waals surface area contributed by atoms with E-state index < -0.39 is 20.5 Å². The lowest BCUT2D eigenvalue weighted by molar-refractivity contribution is -0.133. The number of sulfone groups is 1. The molecule has 0 saturated carbocycles. The molecule has 168 valence electrons. The Hall–Kier alpha value is -3.15. The monoisotopic (exact) mass is 457 g/mol. The van der Waals surface area contributed by atoms with Gasteiger partial charge in [0.25, 0.3) is 11.8 Å². The van der Waals surface area contributed by atoms with E-state index in [4.69, 9.17) is 4.52 Å². The Morgan fingerprint density at radius 1 is 1.12 bits per heavy atom. The number of hydrogen-bond donors (Lipinski definition) is 2. The lowest BCUT2D eigenvalue weighted by Crippen LogP contribution is -2.57. The Kier molecular flexibility index (Phi) is 6.04. The molecule has 32 heavy (non-hydrogen) atoms. The summed E-state index contributed by atoms with van der Waals surface area (Å²) in [7, 11) is -4.07. The van der Waals surface area contributed by atoms with Gasteiger partial charge in [-0.25, -0.2) is 13.9 Å². The van der Waals surface area contributed by atoms with E-state index in [1.807, 2.05) is 6.92 Å². The van der Waals surface area contributed by atoms with Crippen LogP contribution in [0.2, 0.25) is 0 Å². The summed E-state index contributed by atoms with van der Waals surface area (Å²) < 4.78 is 30.6. The van der Waals surface area contributed by atoms with Gasteiger partial charge in [-0.3, -0.25) is 15.0 Å². The van der Waals surface area contributed by atoms with Gasteiger partial charge in [0.05, 0.1) is 4.90 Å². The van der Waals surface area contributed by atoms with E-state index in [1.54, 1.807) is 42.1 Å². The van der Waals surface area contributed by atoms with E-state index in [2.05, 4.69) is 20.0 Å². The number of nitrogens with one attached hydrogen (secondary N) is 1. The van der Waals surface area contributed by atoms with Gasteiger partial charge in [-0.2, -0.15) is 4.98 Å². The summed E-state index contributed by atoms with van der Waals surface area (Å²) >= 11 is 0. The first kappa shape index (κ1) is 22.1. The molecular formula is C21H23N5O5S. The summed E-state index contributed by atoms with van der Waals surface area (Å²) in [6, 6.07) is 9.46. The van der Waals surface area contributed by atoms with Crippen LogP contribution in [-0.2, 0) is 14.6 Å². The molecule has 3 heterocycles. The number of amides is 1. The fraction of sp³-hybridized carbons (Fsp3) is 0.333. The minimum Gasteiger partial charge on any atom is -0.334 e. The molecule has 2 N–H and O–H groups in total. The third-order valence-electron chi connectivity index (χ3n) is 5.92. The number of aromatic nitrogens is 3. The largest absolute Gasteiger partial charge is 0.334 e. The van der Waals surface area contributed by atoms with Crippen LogP contribution in [0.25, 0.3) is 22.8 Å². The first-order valence-corrected chi connectivity index (χ1v) is 11.7. The first-order valence-electron chi connectivity index (χ1n) is 10.2. The van der Waals surface area contributed by atoms with Crippen LogP contribution < -0.4 is 5.48 Å². The van der Waals surface area contributed by atoms with Crippen LogP contribution in [0.4, 0.5) is 0 Å². The van der Waals surface area contributed by atoms with Crippen molar-refractivity contribution < 1.29 is 22.9 Å². The number of rotatable bonds is 6. The molecule has 1 amide bonds. The third kappa shape index (κ3) is 3.78. The predicted octanol–water partition coefficient (Wildman–Crippen LogP) is 1.93. The standard InChI is InChI=1S/C21H23N5O5S/c1-2-26-13-9-21(10-14-26,20(27)24-28)32(29,30)17-5-3-15(4-6-17)18-23-19(31-25-18)16-7-11-22-12-8-16/h3-8,11-12,28H,2,9-10,13-14H2,1H3,(H,24,27). The van der Waals surface area contributed by atoms with Crippen molar-refractivity contribution in [1.29, 1.82) is 0 Å². The predicted molar refractivity (Wildman–Crippen MR) is 114 cm³/mol. The summed E-state index contributed by atoms with van der Waals surface area (Å²) in [5.74, 6) is -0.280. The highest BCUT2D eigenvalue weighted by molar-refractivity contribution is 7.93. The van der Waals surface area contributed by atoms with Crippen molar-refractivity contribution in [2.75, 3.05) is 19.6 Å². The molecule has 3 aromatic rings. The van der Waals surface area contributed by atoms with Crippen LogP contribution in [0.15, 0.2) is 58.2 Å². The zero-order valence-electron chi connectivity index (χ0n) is 17.4. The molecule has 0 aliphatic carbocycles. The maximum atomic E-state index is 13.5. The average Bonchev–Trinajstić information content (AvgIpc) is 3.34. The molecule has 0 bridgehead atoms. The number of nitrogens with zero attached hydrogens (tertiary/aromatic N) is 4. The van der Waals surface area contributed by atoms with E-state index in [9.17, 15) is 18.4 Å². The number of benzene rings is 1. The van der Waals surface area contributed by atoms with Gasteiger partial charge in [-0.15, -0.1) is 0 Å². The topological polar surface area (TPSA) is 139 Å². The lowest BCUT2D eigenvalue weighted by atomic mass is 9.95. The zero-order chi connectivity index (χ0) is 22.8. The van der Waals surface area contributed by atoms with Crippen LogP contribution in [0.1, 0.15) is 19.8 Å². The minimum atomic E-state index is -4.07. The molecule has 0 unspecified atom stereocenters. The molecule has 0 spiro atoms. The number of piperidine rings is 1. The Morgan fingerprint density at radius 2 is 1.78 bits per heavy atom. The SMILES string of the molecule is CCN1CCC(C(=O)NO)(S(=O)(=O)c2ccc(-c3noc(-c4ccncc4)n3)cc2)CC1. The van der Waals surface area contributed by atoms with Gasteiger partial charge in [0.15, 0.2) is 14.6 Å². The van der Waals surface area contributed by atoms with Crippen molar-refractivity contribution >= 4 is 15.7 Å². The Morgan fingerprint density at radius 3 is 2.38 bits per heavy atom. The number of hydroxylamine groups is 1. The van der Waals surface area contributed by atoms with Crippen LogP contribution in [0.3, 0.4) is 0 Å². The second kappa shape index (κ2) is 8.77. The average molecular weight is 458 g/mol. The fourth-order valence-corrected chi connectivity index (χ4v) is 5.87. The molecule has 4 rings (SSSR count). The number of carbonyl (C=O) groups is 1. The summed E-state index contributed by atoms with van der Waals surface area (Å²) in [5, 5.41) is 13.2. The molecule has 1 aliphatic heterocycles. The van der Waals surface area contributed by atoms with Crippen LogP contribution in [-0.4, -0.2) is 63.9 Å². The highest BCUT2D eigenvalue weighted by Crippen LogP contribution is 2.36. The molecule has 0 radical (unpaired) electrons. The van der Waals surface area contributed by atoms with Crippen molar-refractivity contribution in [1.82, 2.24) is 25.5 Å². The molecule has 11 heteroatoms. The van der Waals surface area contributed by atoms with Gasteiger partial charge in [-0.05, 0) is 55.8 Å². The van der Waals surface area contributed by atoms with Crippen molar-refractivity contribution in [3.63, 3.8) is 0 Å². The van der Waals surface area contributed by atoms with Crippen molar-refractivity contribution in [3.05, 3.63) is 48.8 Å². The van der Waals surface area contributed by atoms with Gasteiger partial charge in [0.2, 0.25) is 5.82 Å². The molecule has 0 atom stereocenters. The van der Waals surface area contributed by atoms with E-state index in [1.165, 1.54) is 12.1 Å². The molecule has 1 fully saturated rings. The molecule has 2 aromatic heterocycles. The van der Waals surface area contributed by atoms with Crippen LogP contribution >= 0.6 is 0 Å². The maximum absolute atomic E-state index is 13.5. The number of likely N-dealkylation sites (tertiary alicyclic amines) is 1. The quantitative estimate of drug-likeness (QED) is 0.420. The van der Waals surface area contributed by atoms with Crippen LogP contribution in [0.5, 0.6) is 0 Å². The summed E-state index contributed by atoms with van der Waals surface area (Å²) in [6.07, 6.45) is 3.42. The van der Waals surface area contributed by atoms with Gasteiger partial charge in [0, 0.05) is 36.6 Å². The van der Waals surface area contributed by atoms with E-state index in [0.717, 1.165) is 6.54 Å². The van der Waals surface area contributed by atoms with Crippen LogP contribution in [0, 0.1) is 0 Å². The lowest BCUT2D eigenvalue weighted by Gasteiger charge is -2.39. The number of hydrogen-bond acceptors (Lipinski definition) is 9. The highest BCUT2D eigenvalue weighted by atomic mass is 32.2. The van der Waals surface area contributed by atoms with Gasteiger partial charge in [0.1, 0.15) is 0 Å². The number of carbonyl (C=O) groups excluding carboxylic acids is 1. The third-order valence-corrected chi connectivity index (χ3v) is 8.43.